The van der Waals surface area contributed by atoms with Gasteiger partial charge >= 0.3 is 5.97 Å². The Morgan fingerprint density at radius 1 is 1.20 bits per heavy atom. The number of aliphatic hydroxyl groups is 1. The topological polar surface area (TPSA) is 94.0 Å². The number of carboxylic acid groups (broad SMARTS) is 1. The zero-order valence-corrected chi connectivity index (χ0v) is 11.0. The van der Waals surface area contributed by atoms with E-state index in [1.54, 1.807) is 17.3 Å². The van der Waals surface area contributed by atoms with E-state index >= 15 is 0 Å². The summed E-state index contributed by atoms with van der Waals surface area (Å²) in [6.07, 6.45) is 1.44. The molecular weight excluding hydrogens is 262 g/mol. The highest BCUT2D eigenvalue weighted by molar-refractivity contribution is 5.83. The maximum atomic E-state index is 11.8. The van der Waals surface area contributed by atoms with Crippen molar-refractivity contribution < 1.29 is 19.8 Å². The molecule has 1 atom stereocenters. The van der Waals surface area contributed by atoms with Crippen LogP contribution in [0.15, 0.2) is 24.5 Å². The van der Waals surface area contributed by atoms with E-state index in [1.165, 1.54) is 0 Å². The number of hydrogen-bond acceptors (Lipinski definition) is 5. The first-order chi connectivity index (χ1) is 9.58. The van der Waals surface area contributed by atoms with E-state index in [2.05, 4.69) is 9.88 Å². The van der Waals surface area contributed by atoms with Gasteiger partial charge < -0.3 is 20.0 Å². The fourth-order valence-electron chi connectivity index (χ4n) is 2.15. The maximum absolute atomic E-state index is 11.8. The number of aromatic nitrogens is 1. The summed E-state index contributed by atoms with van der Waals surface area (Å²) >= 11 is 0. The van der Waals surface area contributed by atoms with Crippen LogP contribution in [0.25, 0.3) is 0 Å². The van der Waals surface area contributed by atoms with Crippen molar-refractivity contribution in [3.05, 3.63) is 24.5 Å². The molecule has 20 heavy (non-hydrogen) atoms. The summed E-state index contributed by atoms with van der Waals surface area (Å²) in [5, 5.41) is 17.8. The normalized spacial score (nSPS) is 16.9. The third-order valence-corrected chi connectivity index (χ3v) is 3.31. The average Bonchev–Trinajstić information content (AvgIpc) is 2.48. The van der Waals surface area contributed by atoms with Gasteiger partial charge in [0.15, 0.2) is 6.10 Å². The first-order valence-corrected chi connectivity index (χ1v) is 6.41. The molecule has 1 aromatic heterocycles. The van der Waals surface area contributed by atoms with Gasteiger partial charge in [-0.15, -0.1) is 0 Å². The number of rotatable bonds is 4. The van der Waals surface area contributed by atoms with Crippen LogP contribution in [0.3, 0.4) is 0 Å². The number of pyridine rings is 1. The Kier molecular flexibility index (Phi) is 4.52. The van der Waals surface area contributed by atoms with Gasteiger partial charge in [-0.05, 0) is 12.1 Å². The van der Waals surface area contributed by atoms with Crippen molar-refractivity contribution in [2.75, 3.05) is 31.1 Å². The highest BCUT2D eigenvalue weighted by atomic mass is 16.4. The Morgan fingerprint density at radius 2 is 1.80 bits per heavy atom. The molecule has 0 aliphatic carbocycles. The number of aliphatic carboxylic acids is 1. The molecular formula is C13H17N3O4. The standard InChI is InChI=1S/C13H17N3O4/c17-11(13(19)20)9-12(18)16-7-5-15(6-8-16)10-1-3-14-4-2-10/h1-4,11,17H,5-9H2,(H,19,20). The van der Waals surface area contributed by atoms with E-state index in [0.29, 0.717) is 26.2 Å². The fraction of sp³-hybridized carbons (Fsp3) is 0.462. The lowest BCUT2D eigenvalue weighted by atomic mass is 10.2. The van der Waals surface area contributed by atoms with E-state index in [4.69, 9.17) is 5.11 Å². The molecule has 1 fully saturated rings. The number of piperazine rings is 1. The van der Waals surface area contributed by atoms with Crippen LogP contribution in [0.2, 0.25) is 0 Å². The van der Waals surface area contributed by atoms with Gasteiger partial charge in [0.1, 0.15) is 0 Å². The van der Waals surface area contributed by atoms with E-state index in [1.807, 2.05) is 12.1 Å². The first kappa shape index (κ1) is 14.3. The summed E-state index contributed by atoms with van der Waals surface area (Å²) in [5.41, 5.74) is 1.05. The second-order valence-corrected chi connectivity index (χ2v) is 4.63. The van der Waals surface area contributed by atoms with Crippen LogP contribution >= 0.6 is 0 Å². The Balaban J connectivity index is 1.85. The summed E-state index contributed by atoms with van der Waals surface area (Å²) in [4.78, 5) is 30.0. The number of carbonyl (C=O) groups excluding carboxylic acids is 1. The molecule has 7 heteroatoms. The van der Waals surface area contributed by atoms with Gasteiger partial charge in [-0.1, -0.05) is 0 Å². The van der Waals surface area contributed by atoms with Gasteiger partial charge in [0.25, 0.3) is 0 Å². The molecule has 1 aliphatic rings. The Morgan fingerprint density at radius 3 is 2.35 bits per heavy atom. The third kappa shape index (κ3) is 3.45. The largest absolute Gasteiger partial charge is 0.479 e. The second-order valence-electron chi connectivity index (χ2n) is 4.63. The SMILES string of the molecule is O=C(O)C(O)CC(=O)N1CCN(c2ccncc2)CC1. The summed E-state index contributed by atoms with van der Waals surface area (Å²) < 4.78 is 0. The van der Waals surface area contributed by atoms with Crippen LogP contribution < -0.4 is 4.90 Å². The number of nitrogens with zero attached hydrogens (tertiary/aromatic N) is 3. The van der Waals surface area contributed by atoms with Crippen LogP contribution in [-0.4, -0.2) is 64.3 Å². The van der Waals surface area contributed by atoms with E-state index in [-0.39, 0.29) is 12.3 Å². The van der Waals surface area contributed by atoms with Crippen molar-refractivity contribution in [3.8, 4) is 0 Å². The van der Waals surface area contributed by atoms with E-state index in [0.717, 1.165) is 5.69 Å². The highest BCUT2D eigenvalue weighted by Crippen LogP contribution is 2.15. The van der Waals surface area contributed by atoms with Gasteiger partial charge in [0.2, 0.25) is 5.91 Å². The molecule has 0 saturated carbocycles. The van der Waals surface area contributed by atoms with Crippen molar-refractivity contribution in [1.29, 1.82) is 0 Å². The third-order valence-electron chi connectivity index (χ3n) is 3.31. The van der Waals surface area contributed by atoms with Gasteiger partial charge in [0.05, 0.1) is 6.42 Å². The molecule has 0 aromatic carbocycles. The molecule has 1 aliphatic heterocycles. The lowest BCUT2D eigenvalue weighted by Gasteiger charge is -2.36. The minimum absolute atomic E-state index is 0.325. The molecule has 2 rings (SSSR count). The Hall–Kier alpha value is -2.15. The number of anilines is 1. The van der Waals surface area contributed by atoms with Crippen molar-refractivity contribution >= 4 is 17.6 Å². The van der Waals surface area contributed by atoms with Crippen LogP contribution in [-0.2, 0) is 9.59 Å². The van der Waals surface area contributed by atoms with Crippen molar-refractivity contribution in [2.24, 2.45) is 0 Å². The second kappa shape index (κ2) is 6.33. The van der Waals surface area contributed by atoms with Crippen LogP contribution in [0.5, 0.6) is 0 Å². The number of carboxylic acids is 1. The molecule has 108 valence electrons. The van der Waals surface area contributed by atoms with Gasteiger partial charge in [0, 0.05) is 44.3 Å². The number of hydrogen-bond donors (Lipinski definition) is 2. The van der Waals surface area contributed by atoms with Gasteiger partial charge in [-0.3, -0.25) is 9.78 Å². The Labute approximate surface area is 116 Å². The Bertz CT molecular complexity index is 472. The van der Waals surface area contributed by atoms with Crippen molar-refractivity contribution in [1.82, 2.24) is 9.88 Å². The monoisotopic (exact) mass is 279 g/mol. The zero-order chi connectivity index (χ0) is 14.5. The summed E-state index contributed by atoms with van der Waals surface area (Å²) in [6.45, 7) is 2.40. The van der Waals surface area contributed by atoms with Crippen LogP contribution in [0, 0.1) is 0 Å². The van der Waals surface area contributed by atoms with E-state index in [9.17, 15) is 14.7 Å². The summed E-state index contributed by atoms with van der Waals surface area (Å²) in [6, 6.07) is 3.82. The first-order valence-electron chi connectivity index (χ1n) is 6.41. The molecule has 1 aromatic rings. The van der Waals surface area contributed by atoms with Gasteiger partial charge in [-0.25, -0.2) is 4.79 Å². The molecule has 2 N–H and O–H groups in total. The number of aliphatic hydroxyl groups excluding tert-OH is 1. The quantitative estimate of drug-likeness (QED) is 0.776. The molecule has 2 heterocycles. The molecule has 1 amide bonds. The molecule has 7 nitrogen and oxygen atoms in total. The molecule has 0 spiro atoms. The minimum atomic E-state index is -1.62. The maximum Gasteiger partial charge on any atom is 0.333 e. The summed E-state index contributed by atoms with van der Waals surface area (Å²) in [5.74, 6) is -1.69. The lowest BCUT2D eigenvalue weighted by Crippen LogP contribution is -2.49. The fourth-order valence-corrected chi connectivity index (χ4v) is 2.15. The minimum Gasteiger partial charge on any atom is -0.479 e. The predicted octanol–water partition coefficient (Wildman–Crippen LogP) is -0.434. The molecule has 1 saturated heterocycles. The van der Waals surface area contributed by atoms with E-state index < -0.39 is 12.1 Å². The smallest absolute Gasteiger partial charge is 0.333 e. The number of amides is 1. The molecule has 0 radical (unpaired) electrons. The predicted molar refractivity (Wildman–Crippen MR) is 71.3 cm³/mol. The molecule has 1 unspecified atom stereocenters. The van der Waals surface area contributed by atoms with Crippen LogP contribution in [0.4, 0.5) is 5.69 Å². The average molecular weight is 279 g/mol. The van der Waals surface area contributed by atoms with Crippen molar-refractivity contribution in [3.63, 3.8) is 0 Å². The van der Waals surface area contributed by atoms with Gasteiger partial charge in [-0.2, -0.15) is 0 Å². The van der Waals surface area contributed by atoms with Crippen LogP contribution in [0.1, 0.15) is 6.42 Å². The molecule has 0 bridgehead atoms. The van der Waals surface area contributed by atoms with Crippen molar-refractivity contribution in [2.45, 2.75) is 12.5 Å². The lowest BCUT2D eigenvalue weighted by molar-refractivity contribution is -0.151. The highest BCUT2D eigenvalue weighted by Gasteiger charge is 2.25. The summed E-state index contributed by atoms with van der Waals surface area (Å²) in [7, 11) is 0. The number of carbonyl (C=O) groups is 2. The zero-order valence-electron chi connectivity index (χ0n) is 11.0.